The van der Waals surface area contributed by atoms with Crippen LogP contribution in [0.25, 0.3) is 28.1 Å². The number of piperazine rings is 1. The number of nitrogens with one attached hydrogen (secondary N) is 2. The van der Waals surface area contributed by atoms with Crippen LogP contribution < -0.4 is 25.8 Å². The van der Waals surface area contributed by atoms with Crippen molar-refractivity contribution in [1.82, 2.24) is 24.4 Å². The SMILES string of the molecule is C=CC(=O)Nc1cccc(-n2c(=O)c(-c3ccc(C)cc3)nc3cnc(Nc4ccc(N5CCN(C)CC5)cc4OC)nc32)c1. The molecule has 45 heavy (non-hydrogen) atoms. The molecule has 0 aliphatic carbocycles. The summed E-state index contributed by atoms with van der Waals surface area (Å²) in [6.07, 6.45) is 2.78. The Hall–Kier alpha value is -5.55. The molecule has 1 aliphatic heterocycles. The second kappa shape index (κ2) is 12.6. The van der Waals surface area contributed by atoms with Gasteiger partial charge in [0.2, 0.25) is 11.9 Å². The van der Waals surface area contributed by atoms with Crippen molar-refractivity contribution in [2.24, 2.45) is 0 Å². The fourth-order valence-corrected chi connectivity index (χ4v) is 5.26. The smallest absolute Gasteiger partial charge is 0.283 e. The van der Waals surface area contributed by atoms with E-state index in [4.69, 9.17) is 14.7 Å². The van der Waals surface area contributed by atoms with Crippen LogP contribution in [0.15, 0.2) is 90.4 Å². The van der Waals surface area contributed by atoms with Gasteiger partial charge in [-0.3, -0.25) is 14.2 Å². The van der Waals surface area contributed by atoms with Crippen LogP contribution >= 0.6 is 0 Å². The number of carbonyl (C=O) groups excluding carboxylic acids is 1. The normalized spacial score (nSPS) is 13.4. The number of hydrogen-bond donors (Lipinski definition) is 2. The molecule has 0 unspecified atom stereocenters. The van der Waals surface area contributed by atoms with Crippen molar-refractivity contribution < 1.29 is 9.53 Å². The van der Waals surface area contributed by atoms with Crippen LogP contribution in [0, 0.1) is 6.92 Å². The predicted octanol–water partition coefficient (Wildman–Crippen LogP) is 4.78. The Morgan fingerprint density at radius 3 is 2.49 bits per heavy atom. The summed E-state index contributed by atoms with van der Waals surface area (Å²) in [5.41, 5.74) is 5.12. The van der Waals surface area contributed by atoms with Crippen LogP contribution in [-0.4, -0.2) is 70.7 Å². The van der Waals surface area contributed by atoms with Crippen LogP contribution in [0.4, 0.5) is 23.0 Å². The lowest BCUT2D eigenvalue weighted by Gasteiger charge is -2.34. The van der Waals surface area contributed by atoms with E-state index in [9.17, 15) is 9.59 Å². The van der Waals surface area contributed by atoms with E-state index in [2.05, 4.69) is 39.0 Å². The van der Waals surface area contributed by atoms with E-state index in [1.807, 2.05) is 49.4 Å². The first-order valence-electron chi connectivity index (χ1n) is 14.6. The summed E-state index contributed by atoms with van der Waals surface area (Å²) >= 11 is 0. The molecule has 3 heterocycles. The largest absolute Gasteiger partial charge is 0.494 e. The Bertz CT molecular complexity index is 1950. The van der Waals surface area contributed by atoms with Gasteiger partial charge in [0, 0.05) is 49.2 Å². The number of nitrogens with zero attached hydrogens (tertiary/aromatic N) is 6. The van der Waals surface area contributed by atoms with Crippen molar-refractivity contribution in [3.8, 4) is 22.7 Å². The zero-order valence-corrected chi connectivity index (χ0v) is 25.4. The lowest BCUT2D eigenvalue weighted by molar-refractivity contribution is -0.111. The molecule has 1 aliphatic rings. The molecular weight excluding hydrogens is 568 g/mol. The highest BCUT2D eigenvalue weighted by atomic mass is 16.5. The topological polar surface area (TPSA) is 118 Å². The number of methoxy groups -OCH3 is 1. The van der Waals surface area contributed by atoms with Gasteiger partial charge in [0.25, 0.3) is 5.56 Å². The fourth-order valence-electron chi connectivity index (χ4n) is 5.26. The van der Waals surface area contributed by atoms with Gasteiger partial charge >= 0.3 is 0 Å². The molecule has 2 aromatic heterocycles. The summed E-state index contributed by atoms with van der Waals surface area (Å²) < 4.78 is 7.22. The van der Waals surface area contributed by atoms with E-state index in [1.54, 1.807) is 37.6 Å². The van der Waals surface area contributed by atoms with Crippen molar-refractivity contribution in [2.45, 2.75) is 6.92 Å². The summed E-state index contributed by atoms with van der Waals surface area (Å²) in [4.78, 5) is 44.8. The standard InChI is InChI=1S/C34H34N8O3/c1-5-30(43)36-24-7-6-8-26(19-24)42-32-28(37-31(33(42)44)23-11-9-22(2)10-12-23)21-35-34(39-32)38-27-14-13-25(20-29(27)45-4)41-17-15-40(3)16-18-41/h5-14,19-21H,1,15-18H2,2-4H3,(H,36,43)(H,35,38,39). The molecule has 0 bridgehead atoms. The Kier molecular flexibility index (Phi) is 8.26. The maximum atomic E-state index is 14.1. The first-order chi connectivity index (χ1) is 21.8. The Morgan fingerprint density at radius 2 is 1.76 bits per heavy atom. The van der Waals surface area contributed by atoms with Crippen LogP contribution in [0.1, 0.15) is 5.56 Å². The third-order valence-corrected chi connectivity index (χ3v) is 7.78. The van der Waals surface area contributed by atoms with Gasteiger partial charge in [-0.25, -0.2) is 9.97 Å². The van der Waals surface area contributed by atoms with E-state index < -0.39 is 0 Å². The van der Waals surface area contributed by atoms with Crippen LogP contribution in [-0.2, 0) is 4.79 Å². The van der Waals surface area contributed by atoms with Gasteiger partial charge in [-0.15, -0.1) is 0 Å². The van der Waals surface area contributed by atoms with Crippen LogP contribution in [0.5, 0.6) is 5.75 Å². The van der Waals surface area contributed by atoms with Crippen molar-refractivity contribution in [3.63, 3.8) is 0 Å². The minimum Gasteiger partial charge on any atom is -0.494 e. The number of carbonyl (C=O) groups is 1. The van der Waals surface area contributed by atoms with Gasteiger partial charge in [0.1, 0.15) is 17.0 Å². The van der Waals surface area contributed by atoms with Crippen molar-refractivity contribution in [3.05, 3.63) is 101 Å². The highest BCUT2D eigenvalue weighted by molar-refractivity contribution is 5.99. The molecule has 5 aromatic rings. The first-order valence-corrected chi connectivity index (χ1v) is 14.6. The Balaban J connectivity index is 1.43. The molecule has 0 saturated carbocycles. The van der Waals surface area contributed by atoms with Gasteiger partial charge in [-0.05, 0) is 50.4 Å². The van der Waals surface area contributed by atoms with E-state index in [1.165, 1.54) is 10.6 Å². The number of anilines is 4. The zero-order valence-electron chi connectivity index (χ0n) is 25.4. The quantitative estimate of drug-likeness (QED) is 0.242. The number of fused-ring (bicyclic) bond motifs is 1. The Labute approximate surface area is 260 Å². The molecule has 0 spiro atoms. The first kappa shape index (κ1) is 29.5. The van der Waals surface area contributed by atoms with Gasteiger partial charge in [-0.2, -0.15) is 4.98 Å². The number of benzene rings is 3. The number of amides is 1. The van der Waals surface area contributed by atoms with Crippen molar-refractivity contribution in [1.29, 1.82) is 0 Å². The zero-order chi connectivity index (χ0) is 31.5. The lowest BCUT2D eigenvalue weighted by atomic mass is 10.1. The molecule has 6 rings (SSSR count). The Morgan fingerprint density at radius 1 is 0.978 bits per heavy atom. The molecular formula is C34H34N8O3. The molecule has 1 amide bonds. The molecule has 11 heteroatoms. The number of hydrogen-bond acceptors (Lipinski definition) is 9. The number of ether oxygens (including phenoxy) is 1. The molecule has 228 valence electrons. The maximum absolute atomic E-state index is 14.1. The molecule has 2 N–H and O–H groups in total. The van der Waals surface area contributed by atoms with Crippen molar-refractivity contribution >= 4 is 40.1 Å². The van der Waals surface area contributed by atoms with Crippen molar-refractivity contribution in [2.75, 3.05) is 55.9 Å². The molecule has 11 nitrogen and oxygen atoms in total. The van der Waals surface area contributed by atoms with Gasteiger partial charge in [-0.1, -0.05) is 42.5 Å². The van der Waals surface area contributed by atoms with Crippen LogP contribution in [0.2, 0.25) is 0 Å². The summed E-state index contributed by atoms with van der Waals surface area (Å²) in [7, 11) is 3.76. The molecule has 0 radical (unpaired) electrons. The molecule has 1 fully saturated rings. The molecule has 0 atom stereocenters. The lowest BCUT2D eigenvalue weighted by Crippen LogP contribution is -2.44. The monoisotopic (exact) mass is 602 g/mol. The second-order valence-electron chi connectivity index (χ2n) is 10.9. The fraction of sp³-hybridized carbons (Fsp3) is 0.206. The number of rotatable bonds is 8. The predicted molar refractivity (Wildman–Crippen MR) is 178 cm³/mol. The minimum absolute atomic E-state index is 0.258. The van der Waals surface area contributed by atoms with Gasteiger partial charge in [0.15, 0.2) is 5.65 Å². The van der Waals surface area contributed by atoms with Crippen LogP contribution in [0.3, 0.4) is 0 Å². The second-order valence-corrected chi connectivity index (χ2v) is 10.9. The van der Waals surface area contributed by atoms with E-state index in [0.717, 1.165) is 37.4 Å². The minimum atomic E-state index is -0.364. The van der Waals surface area contributed by atoms with E-state index in [0.29, 0.717) is 39.5 Å². The highest BCUT2D eigenvalue weighted by Crippen LogP contribution is 2.32. The van der Waals surface area contributed by atoms with Gasteiger partial charge < -0.3 is 25.2 Å². The average molecular weight is 603 g/mol. The number of aryl methyl sites for hydroxylation is 1. The number of likely N-dealkylation sites (N-methyl/N-ethyl adjacent to an activating group) is 1. The maximum Gasteiger partial charge on any atom is 0.283 e. The third-order valence-electron chi connectivity index (χ3n) is 7.78. The summed E-state index contributed by atoms with van der Waals surface area (Å²) in [6, 6.07) is 20.6. The number of aromatic nitrogens is 4. The molecule has 3 aromatic carbocycles. The van der Waals surface area contributed by atoms with E-state index >= 15 is 0 Å². The summed E-state index contributed by atoms with van der Waals surface area (Å²) in [5, 5.41) is 6.02. The third kappa shape index (κ3) is 6.24. The molecule has 1 saturated heterocycles. The van der Waals surface area contributed by atoms with E-state index in [-0.39, 0.29) is 23.1 Å². The summed E-state index contributed by atoms with van der Waals surface area (Å²) in [6.45, 7) is 9.37. The average Bonchev–Trinajstić information content (AvgIpc) is 3.05. The highest BCUT2D eigenvalue weighted by Gasteiger charge is 2.19. The summed E-state index contributed by atoms with van der Waals surface area (Å²) in [5.74, 6) is 0.550. The van der Waals surface area contributed by atoms with Gasteiger partial charge in [0.05, 0.1) is 24.7 Å².